The molecule has 146 valence electrons. The van der Waals surface area contributed by atoms with Crippen molar-refractivity contribution in [2.75, 3.05) is 11.9 Å². The normalized spacial score (nSPS) is 16.1. The fraction of sp³-hybridized carbons (Fsp3) is 0.222. The average molecular weight is 443 g/mol. The van der Waals surface area contributed by atoms with Crippen molar-refractivity contribution >= 4 is 58.0 Å². The summed E-state index contributed by atoms with van der Waals surface area (Å²) in [5, 5.41) is 14.2. The first kappa shape index (κ1) is 20.4. The van der Waals surface area contributed by atoms with Gasteiger partial charge in [0.05, 0.1) is 4.92 Å². The topological polar surface area (TPSA) is 92.5 Å². The number of halogens is 3. The van der Waals surface area contributed by atoms with Gasteiger partial charge in [-0.2, -0.15) is 0 Å². The molecule has 0 radical (unpaired) electrons. The van der Waals surface area contributed by atoms with Crippen LogP contribution in [0.5, 0.6) is 0 Å². The van der Waals surface area contributed by atoms with E-state index in [0.29, 0.717) is 35.0 Å². The lowest BCUT2D eigenvalue weighted by Crippen LogP contribution is -2.43. The van der Waals surface area contributed by atoms with Gasteiger partial charge < -0.3 is 10.2 Å². The number of nitro benzene ring substituents is 1. The molecule has 1 aliphatic heterocycles. The second kappa shape index (κ2) is 8.34. The van der Waals surface area contributed by atoms with Gasteiger partial charge in [0.1, 0.15) is 11.1 Å². The third-order valence-electron chi connectivity index (χ3n) is 4.34. The van der Waals surface area contributed by atoms with Crippen LogP contribution in [0, 0.1) is 10.1 Å². The van der Waals surface area contributed by atoms with Crippen LogP contribution in [-0.4, -0.2) is 34.2 Å². The summed E-state index contributed by atoms with van der Waals surface area (Å²) >= 11 is 17.7. The van der Waals surface area contributed by atoms with Crippen LogP contribution >= 0.6 is 34.8 Å². The summed E-state index contributed by atoms with van der Waals surface area (Å²) in [5.41, 5.74) is 0.206. The molecule has 28 heavy (non-hydrogen) atoms. The van der Waals surface area contributed by atoms with E-state index in [2.05, 4.69) is 5.32 Å². The molecule has 7 nitrogen and oxygen atoms in total. The number of anilines is 1. The zero-order chi connectivity index (χ0) is 20.4. The van der Waals surface area contributed by atoms with Gasteiger partial charge in [-0.05, 0) is 43.2 Å². The van der Waals surface area contributed by atoms with Gasteiger partial charge in [-0.15, -0.1) is 0 Å². The van der Waals surface area contributed by atoms with Gasteiger partial charge >= 0.3 is 0 Å². The first-order chi connectivity index (χ1) is 13.3. The summed E-state index contributed by atoms with van der Waals surface area (Å²) in [6.07, 6.45) is 1.13. The number of carbonyl (C=O) groups is 2. The molecule has 0 bridgehead atoms. The van der Waals surface area contributed by atoms with Gasteiger partial charge in [0.25, 0.3) is 11.6 Å². The fourth-order valence-corrected chi connectivity index (χ4v) is 3.79. The lowest BCUT2D eigenvalue weighted by atomic mass is 10.1. The molecule has 2 amide bonds. The SMILES string of the molecule is O=C(Nc1ccc(Cl)c([N+](=O)[O-])c1)C1CCCN1C(=O)c1cc(Cl)cc(Cl)c1. The zero-order valence-corrected chi connectivity index (χ0v) is 16.6. The maximum atomic E-state index is 12.8. The third kappa shape index (κ3) is 4.38. The molecule has 1 N–H and O–H groups in total. The van der Waals surface area contributed by atoms with Gasteiger partial charge in [0.15, 0.2) is 0 Å². The molecule has 1 fully saturated rings. The van der Waals surface area contributed by atoms with Crippen LogP contribution in [0.2, 0.25) is 15.1 Å². The van der Waals surface area contributed by atoms with Crippen LogP contribution in [0.1, 0.15) is 23.2 Å². The van der Waals surface area contributed by atoms with E-state index in [-0.39, 0.29) is 22.3 Å². The van der Waals surface area contributed by atoms with Crippen LogP contribution in [0.25, 0.3) is 0 Å². The molecule has 1 unspecified atom stereocenters. The highest BCUT2D eigenvalue weighted by Gasteiger charge is 2.35. The Morgan fingerprint density at radius 3 is 2.43 bits per heavy atom. The number of carbonyl (C=O) groups excluding carboxylic acids is 2. The van der Waals surface area contributed by atoms with Crippen LogP contribution in [-0.2, 0) is 4.79 Å². The van der Waals surface area contributed by atoms with Crippen molar-refractivity contribution in [3.8, 4) is 0 Å². The molecule has 3 rings (SSSR count). The quantitative estimate of drug-likeness (QED) is 0.544. The summed E-state index contributed by atoms with van der Waals surface area (Å²) in [7, 11) is 0. The van der Waals surface area contributed by atoms with E-state index >= 15 is 0 Å². The molecule has 1 saturated heterocycles. The fourth-order valence-electron chi connectivity index (χ4n) is 3.08. The lowest BCUT2D eigenvalue weighted by molar-refractivity contribution is -0.384. The minimum atomic E-state index is -0.708. The van der Waals surface area contributed by atoms with Crippen molar-refractivity contribution in [1.82, 2.24) is 4.90 Å². The summed E-state index contributed by atoms with van der Waals surface area (Å²) < 4.78 is 0. The number of nitrogens with zero attached hydrogens (tertiary/aromatic N) is 2. The van der Waals surface area contributed by atoms with Crippen LogP contribution in [0.15, 0.2) is 36.4 Å². The highest BCUT2D eigenvalue weighted by Crippen LogP contribution is 2.29. The van der Waals surface area contributed by atoms with Gasteiger partial charge in [0, 0.05) is 33.9 Å². The Hall–Kier alpha value is -2.35. The molecular formula is C18H14Cl3N3O4. The molecule has 2 aromatic rings. The summed E-state index contributed by atoms with van der Waals surface area (Å²) in [5.74, 6) is -0.792. The molecule has 0 saturated carbocycles. The second-order valence-electron chi connectivity index (χ2n) is 6.23. The molecule has 0 aliphatic carbocycles. The number of rotatable bonds is 4. The predicted octanol–water partition coefficient (Wildman–Crippen LogP) is 4.80. The van der Waals surface area contributed by atoms with E-state index in [1.807, 2.05) is 0 Å². The number of likely N-dealkylation sites (tertiary alicyclic amines) is 1. The van der Waals surface area contributed by atoms with Crippen molar-refractivity contribution in [2.45, 2.75) is 18.9 Å². The Bertz CT molecular complexity index is 947. The molecule has 0 aromatic heterocycles. The van der Waals surface area contributed by atoms with Crippen LogP contribution in [0.4, 0.5) is 11.4 Å². The monoisotopic (exact) mass is 441 g/mol. The molecule has 0 spiro atoms. The van der Waals surface area contributed by atoms with Crippen molar-refractivity contribution < 1.29 is 14.5 Å². The Balaban J connectivity index is 1.79. The second-order valence-corrected chi connectivity index (χ2v) is 7.51. The van der Waals surface area contributed by atoms with E-state index in [4.69, 9.17) is 34.8 Å². The minimum absolute atomic E-state index is 0.0292. The highest BCUT2D eigenvalue weighted by molar-refractivity contribution is 6.35. The van der Waals surface area contributed by atoms with E-state index in [1.165, 1.54) is 41.3 Å². The highest BCUT2D eigenvalue weighted by atomic mass is 35.5. The summed E-state index contributed by atoms with van der Waals surface area (Å²) in [6.45, 7) is 0.405. The van der Waals surface area contributed by atoms with Gasteiger partial charge in [-0.1, -0.05) is 34.8 Å². The van der Waals surface area contributed by atoms with Gasteiger partial charge in [0.2, 0.25) is 5.91 Å². The Morgan fingerprint density at radius 1 is 1.11 bits per heavy atom. The first-order valence-corrected chi connectivity index (χ1v) is 9.41. The lowest BCUT2D eigenvalue weighted by Gasteiger charge is -2.24. The Labute approximate surface area is 175 Å². The number of hydrogen-bond acceptors (Lipinski definition) is 4. The molecule has 10 heteroatoms. The van der Waals surface area contributed by atoms with E-state index < -0.39 is 16.9 Å². The van der Waals surface area contributed by atoms with Crippen molar-refractivity contribution in [3.05, 3.63) is 67.1 Å². The molecule has 1 aliphatic rings. The summed E-state index contributed by atoms with van der Waals surface area (Å²) in [6, 6.07) is 7.77. The predicted molar refractivity (Wildman–Crippen MR) is 107 cm³/mol. The maximum Gasteiger partial charge on any atom is 0.289 e. The maximum absolute atomic E-state index is 12.8. The molecular weight excluding hydrogens is 429 g/mol. The molecule has 1 atom stereocenters. The smallest absolute Gasteiger partial charge is 0.289 e. The Kier molecular flexibility index (Phi) is 6.07. The standard InChI is InChI=1S/C18H14Cl3N3O4/c19-11-6-10(7-12(20)8-11)18(26)23-5-1-2-15(23)17(25)22-13-3-4-14(21)16(9-13)24(27)28/h3-4,6-9,15H,1-2,5H2,(H,22,25). The number of benzene rings is 2. The van der Waals surface area contributed by atoms with Crippen LogP contribution in [0.3, 0.4) is 0 Å². The number of hydrogen-bond donors (Lipinski definition) is 1. The van der Waals surface area contributed by atoms with Crippen molar-refractivity contribution in [3.63, 3.8) is 0 Å². The van der Waals surface area contributed by atoms with E-state index in [9.17, 15) is 19.7 Å². The summed E-state index contributed by atoms with van der Waals surface area (Å²) in [4.78, 5) is 37.3. The van der Waals surface area contributed by atoms with Crippen molar-refractivity contribution in [2.24, 2.45) is 0 Å². The zero-order valence-electron chi connectivity index (χ0n) is 14.3. The van der Waals surface area contributed by atoms with E-state index in [1.54, 1.807) is 0 Å². The third-order valence-corrected chi connectivity index (χ3v) is 5.09. The van der Waals surface area contributed by atoms with Gasteiger partial charge in [-0.3, -0.25) is 19.7 Å². The van der Waals surface area contributed by atoms with E-state index in [0.717, 1.165) is 0 Å². The first-order valence-electron chi connectivity index (χ1n) is 8.28. The van der Waals surface area contributed by atoms with Gasteiger partial charge in [-0.25, -0.2) is 0 Å². The minimum Gasteiger partial charge on any atom is -0.327 e. The van der Waals surface area contributed by atoms with Crippen molar-refractivity contribution in [1.29, 1.82) is 0 Å². The number of nitro groups is 1. The number of nitrogens with one attached hydrogen (secondary N) is 1. The molecule has 2 aromatic carbocycles. The van der Waals surface area contributed by atoms with Crippen LogP contribution < -0.4 is 5.32 Å². The number of amides is 2. The molecule has 1 heterocycles. The largest absolute Gasteiger partial charge is 0.327 e. The average Bonchev–Trinajstić information content (AvgIpc) is 3.11. The Morgan fingerprint density at radius 2 is 1.79 bits per heavy atom.